The van der Waals surface area contributed by atoms with Crippen LogP contribution in [0.15, 0.2) is 17.0 Å². The molecule has 1 aliphatic heterocycles. The Morgan fingerprint density at radius 3 is 2.17 bits per heavy atom. The molecular weight excluding hydrogens is 933 g/mol. The Morgan fingerprint density at radius 2 is 1.60 bits per heavy atom. The SMILES string of the molecule is O=C(OC1C2CC3C1OS(=O)(=O)C3C2C(=O)Oc1c(F)c(F)c(S(=O)(=O)[O-])c(F)c1F)c1cc(I)cc(I)c1I. The molecule has 1 saturated heterocycles. The van der Waals surface area contributed by atoms with Gasteiger partial charge in [-0.1, -0.05) is 0 Å². The van der Waals surface area contributed by atoms with Crippen LogP contribution in [0.5, 0.6) is 5.75 Å². The molecule has 1 heterocycles. The van der Waals surface area contributed by atoms with Gasteiger partial charge in [-0.25, -0.2) is 22.0 Å². The first-order valence-electron chi connectivity index (χ1n) is 10.8. The lowest BCUT2D eigenvalue weighted by molar-refractivity contribution is -0.143. The summed E-state index contributed by atoms with van der Waals surface area (Å²) >= 11 is 5.90. The van der Waals surface area contributed by atoms with E-state index in [1.165, 1.54) is 6.07 Å². The highest BCUT2D eigenvalue weighted by Gasteiger charge is 2.72. The van der Waals surface area contributed by atoms with Crippen LogP contribution < -0.4 is 4.74 Å². The summed E-state index contributed by atoms with van der Waals surface area (Å²) in [7, 11) is -10.5. The third kappa shape index (κ3) is 4.83. The summed E-state index contributed by atoms with van der Waals surface area (Å²) in [6, 6.07) is 3.32. The van der Waals surface area contributed by atoms with Gasteiger partial charge in [0.25, 0.3) is 10.1 Å². The van der Waals surface area contributed by atoms with E-state index in [0.717, 1.165) is 3.57 Å². The quantitative estimate of drug-likeness (QED) is 0.0830. The third-order valence-corrected chi connectivity index (χ3v) is 13.2. The molecule has 2 aliphatic carbocycles. The second-order valence-electron chi connectivity index (χ2n) is 9.02. The van der Waals surface area contributed by atoms with E-state index >= 15 is 0 Å². The van der Waals surface area contributed by atoms with E-state index < -0.39 is 101 Å². The summed E-state index contributed by atoms with van der Waals surface area (Å²) in [5.74, 6) is -18.5. The number of carbonyl (C=O) groups is 2. The summed E-state index contributed by atoms with van der Waals surface area (Å²) in [5, 5.41) is -1.58. The fourth-order valence-corrected chi connectivity index (χ4v) is 10.5. The van der Waals surface area contributed by atoms with Crippen LogP contribution in [0.2, 0.25) is 0 Å². The number of carbonyl (C=O) groups excluding carboxylic acids is 2. The van der Waals surface area contributed by atoms with Gasteiger partial charge in [0, 0.05) is 22.5 Å². The zero-order valence-electron chi connectivity index (χ0n) is 18.9. The topological polar surface area (TPSA) is 153 Å². The maximum Gasteiger partial charge on any atom is 0.339 e. The largest absolute Gasteiger partial charge is 0.744 e. The summed E-state index contributed by atoms with van der Waals surface area (Å²) in [5.41, 5.74) is 0.153. The Balaban J connectivity index is 1.49. The molecule has 10 nitrogen and oxygen atoms in total. The lowest BCUT2D eigenvalue weighted by atomic mass is 9.84. The molecule has 2 aromatic rings. The number of ether oxygens (including phenoxy) is 2. The van der Waals surface area contributed by atoms with Gasteiger partial charge < -0.3 is 14.0 Å². The number of rotatable bonds is 5. The lowest BCUT2D eigenvalue weighted by Crippen LogP contribution is -2.46. The molecule has 0 N–H and O–H groups in total. The monoisotopic (exact) mass is 943 g/mol. The van der Waals surface area contributed by atoms with Crippen LogP contribution in [0, 0.1) is 51.7 Å². The second-order valence-corrected chi connectivity index (χ2v) is 15.5. The number of hydrogen-bond donors (Lipinski definition) is 0. The van der Waals surface area contributed by atoms with Crippen molar-refractivity contribution in [3.63, 3.8) is 0 Å². The molecule has 216 valence electrons. The normalized spacial score (nSPS) is 28.1. The van der Waals surface area contributed by atoms with Crippen molar-refractivity contribution in [2.75, 3.05) is 0 Å². The lowest BCUT2D eigenvalue weighted by Gasteiger charge is -2.30. The van der Waals surface area contributed by atoms with E-state index in [-0.39, 0.29) is 12.0 Å². The molecule has 3 aliphatic rings. The van der Waals surface area contributed by atoms with Gasteiger partial charge in [0.1, 0.15) is 32.5 Å². The second kappa shape index (κ2) is 10.4. The van der Waals surface area contributed by atoms with Gasteiger partial charge in [0.2, 0.25) is 17.4 Å². The predicted molar refractivity (Wildman–Crippen MR) is 146 cm³/mol. The van der Waals surface area contributed by atoms with Crippen molar-refractivity contribution < 1.29 is 62.2 Å². The molecule has 2 bridgehead atoms. The molecule has 5 rings (SSSR count). The Hall–Kier alpha value is -0.890. The van der Waals surface area contributed by atoms with E-state index in [9.17, 15) is 48.5 Å². The maximum absolute atomic E-state index is 14.5. The fraction of sp³-hybridized carbons (Fsp3) is 0.333. The summed E-state index contributed by atoms with van der Waals surface area (Å²) < 4.78 is 133. The van der Waals surface area contributed by atoms with Crippen molar-refractivity contribution >= 4 is 99.9 Å². The van der Waals surface area contributed by atoms with Crippen LogP contribution in [0.25, 0.3) is 0 Å². The van der Waals surface area contributed by atoms with Crippen LogP contribution in [-0.2, 0) is 34.0 Å². The standard InChI is InChI=1S/C21H11F4I3O10S2/c22-10-12(24)19(39(31,32)33)13(25)11(23)17(10)37-21(30)9-5-3-7-16(38-40(34,35)18(7)9)15(5)36-20(29)6-1-4(26)2-8(27)14(6)28/h1-2,5,7,9,15-16,18H,3H2,(H,31,32,33)/p-1. The molecule has 2 saturated carbocycles. The minimum absolute atomic E-state index is 0.0335. The minimum atomic E-state index is -6.02. The number of benzene rings is 2. The van der Waals surface area contributed by atoms with Crippen LogP contribution in [-0.4, -0.2) is 50.8 Å². The van der Waals surface area contributed by atoms with E-state index in [1.54, 1.807) is 6.07 Å². The van der Waals surface area contributed by atoms with Crippen molar-refractivity contribution in [3.05, 3.63) is 51.7 Å². The van der Waals surface area contributed by atoms with E-state index in [2.05, 4.69) is 4.74 Å². The van der Waals surface area contributed by atoms with Gasteiger partial charge >= 0.3 is 11.9 Å². The highest BCUT2D eigenvalue weighted by atomic mass is 127. The number of hydrogen-bond acceptors (Lipinski definition) is 10. The molecule has 40 heavy (non-hydrogen) atoms. The third-order valence-electron chi connectivity index (χ3n) is 6.89. The highest BCUT2D eigenvalue weighted by Crippen LogP contribution is 2.59. The van der Waals surface area contributed by atoms with Crippen LogP contribution in [0.4, 0.5) is 17.6 Å². The van der Waals surface area contributed by atoms with Crippen molar-refractivity contribution in [2.24, 2.45) is 17.8 Å². The molecule has 0 amide bonds. The van der Waals surface area contributed by atoms with Crippen molar-refractivity contribution in [1.82, 2.24) is 0 Å². The first-order valence-corrected chi connectivity index (χ1v) is 16.9. The molecule has 2 aromatic carbocycles. The van der Waals surface area contributed by atoms with Crippen molar-refractivity contribution in [3.8, 4) is 5.75 Å². The first kappa shape index (κ1) is 30.6. The zero-order valence-corrected chi connectivity index (χ0v) is 27.0. The Morgan fingerprint density at radius 1 is 1.00 bits per heavy atom. The van der Waals surface area contributed by atoms with E-state index in [1.807, 2.05) is 67.8 Å². The average molecular weight is 943 g/mol. The average Bonchev–Trinajstić information content (AvgIpc) is 3.44. The van der Waals surface area contributed by atoms with Crippen LogP contribution in [0.3, 0.4) is 0 Å². The van der Waals surface area contributed by atoms with Crippen LogP contribution >= 0.6 is 67.8 Å². The van der Waals surface area contributed by atoms with Gasteiger partial charge in [-0.05, 0) is 86.3 Å². The summed E-state index contributed by atoms with van der Waals surface area (Å²) in [4.78, 5) is 23.7. The van der Waals surface area contributed by atoms with Gasteiger partial charge in [0.05, 0.1) is 11.5 Å². The molecule has 0 radical (unpaired) electrons. The Labute approximate surface area is 263 Å². The number of halogens is 7. The summed E-state index contributed by atoms with van der Waals surface area (Å²) in [6.45, 7) is 0. The van der Waals surface area contributed by atoms with E-state index in [4.69, 9.17) is 8.92 Å². The smallest absolute Gasteiger partial charge is 0.339 e. The molecule has 6 atom stereocenters. The molecule has 0 aromatic heterocycles. The minimum Gasteiger partial charge on any atom is -0.744 e. The Bertz CT molecular complexity index is 1690. The summed E-state index contributed by atoms with van der Waals surface area (Å²) in [6.07, 6.45) is -2.50. The molecular formula is C21H10F4I3O10S2-. The first-order chi connectivity index (χ1) is 18.5. The molecule has 3 fully saturated rings. The van der Waals surface area contributed by atoms with Gasteiger partial charge in [-0.15, -0.1) is 0 Å². The van der Waals surface area contributed by atoms with Gasteiger partial charge in [-0.2, -0.15) is 17.2 Å². The fourth-order valence-electron chi connectivity index (χ4n) is 5.41. The van der Waals surface area contributed by atoms with Crippen molar-refractivity contribution in [1.29, 1.82) is 0 Å². The van der Waals surface area contributed by atoms with E-state index in [0.29, 0.717) is 7.14 Å². The Kier molecular flexibility index (Phi) is 7.93. The van der Waals surface area contributed by atoms with Crippen LogP contribution in [0.1, 0.15) is 16.8 Å². The predicted octanol–water partition coefficient (Wildman–Crippen LogP) is 3.46. The number of fused-ring (bicyclic) bond motifs is 1. The van der Waals surface area contributed by atoms with Gasteiger partial charge in [-0.3, -0.25) is 8.98 Å². The molecule has 0 spiro atoms. The maximum atomic E-state index is 14.5. The number of esters is 2. The molecule has 6 unspecified atom stereocenters. The van der Waals surface area contributed by atoms with Crippen molar-refractivity contribution in [2.45, 2.75) is 28.8 Å². The van der Waals surface area contributed by atoms with Gasteiger partial charge in [0.15, 0.2) is 11.6 Å². The zero-order chi connectivity index (χ0) is 29.6. The molecule has 19 heteroatoms. The highest BCUT2D eigenvalue weighted by molar-refractivity contribution is 14.1.